The summed E-state index contributed by atoms with van der Waals surface area (Å²) in [7, 11) is 0. The van der Waals surface area contributed by atoms with E-state index in [-0.39, 0.29) is 30.1 Å². The highest BCUT2D eigenvalue weighted by atomic mass is 35.5. The third-order valence-electron chi connectivity index (χ3n) is 3.24. The number of amides is 1. The molecule has 0 aliphatic carbocycles. The molecule has 0 spiro atoms. The molecule has 1 fully saturated rings. The lowest BCUT2D eigenvalue weighted by atomic mass is 10.1. The van der Waals surface area contributed by atoms with Crippen LogP contribution in [0.3, 0.4) is 0 Å². The monoisotopic (exact) mass is 306 g/mol. The van der Waals surface area contributed by atoms with Gasteiger partial charge in [-0.3, -0.25) is 4.79 Å². The maximum Gasteiger partial charge on any atom is 0.387 e. The second kappa shape index (κ2) is 7.40. The summed E-state index contributed by atoms with van der Waals surface area (Å²) in [4.78, 5) is 14.0. The minimum absolute atomic E-state index is 0. The van der Waals surface area contributed by atoms with Gasteiger partial charge >= 0.3 is 6.61 Å². The van der Waals surface area contributed by atoms with Gasteiger partial charge in [-0.2, -0.15) is 8.78 Å². The van der Waals surface area contributed by atoms with E-state index in [1.54, 1.807) is 4.90 Å². The largest absolute Gasteiger partial charge is 0.435 e. The van der Waals surface area contributed by atoms with Crippen molar-refractivity contribution >= 4 is 18.3 Å². The van der Waals surface area contributed by atoms with Gasteiger partial charge in [-0.25, -0.2) is 0 Å². The van der Waals surface area contributed by atoms with Crippen LogP contribution in [0.4, 0.5) is 8.78 Å². The number of alkyl halides is 2. The number of carbonyl (C=O) groups excluding carboxylic acids is 1. The fourth-order valence-corrected chi connectivity index (χ4v) is 2.29. The molecule has 1 saturated heterocycles. The fraction of sp³-hybridized carbons (Fsp3) is 0.462. The normalized spacial score (nSPS) is 18.0. The van der Waals surface area contributed by atoms with Crippen LogP contribution in [0.2, 0.25) is 0 Å². The van der Waals surface area contributed by atoms with E-state index < -0.39 is 6.61 Å². The Morgan fingerprint density at radius 2 is 2.05 bits per heavy atom. The molecule has 1 unspecified atom stereocenters. The molecule has 7 heteroatoms. The van der Waals surface area contributed by atoms with Crippen molar-refractivity contribution in [3.05, 3.63) is 29.8 Å². The lowest BCUT2D eigenvalue weighted by Crippen LogP contribution is -2.39. The number of halogens is 3. The topological polar surface area (TPSA) is 55.6 Å². The number of benzene rings is 1. The number of hydrogen-bond acceptors (Lipinski definition) is 3. The molecule has 1 aromatic carbocycles. The highest BCUT2D eigenvalue weighted by Gasteiger charge is 2.28. The van der Waals surface area contributed by atoms with Gasteiger partial charge in [0.05, 0.1) is 0 Å². The fourth-order valence-electron chi connectivity index (χ4n) is 2.29. The number of nitrogens with zero attached hydrogens (tertiary/aromatic N) is 1. The molecule has 0 bridgehead atoms. The van der Waals surface area contributed by atoms with E-state index in [1.807, 2.05) is 0 Å². The minimum Gasteiger partial charge on any atom is -0.435 e. The Labute approximate surface area is 122 Å². The van der Waals surface area contributed by atoms with Gasteiger partial charge in [0.1, 0.15) is 5.75 Å². The highest BCUT2D eigenvalue weighted by molar-refractivity contribution is 5.94. The first-order valence-corrected chi connectivity index (χ1v) is 6.17. The Bertz CT molecular complexity index is 443. The molecule has 20 heavy (non-hydrogen) atoms. The summed E-state index contributed by atoms with van der Waals surface area (Å²) >= 11 is 0. The van der Waals surface area contributed by atoms with E-state index in [4.69, 9.17) is 5.73 Å². The molecule has 0 saturated carbocycles. The van der Waals surface area contributed by atoms with Gasteiger partial charge in [0.15, 0.2) is 0 Å². The first kappa shape index (κ1) is 16.7. The maximum absolute atomic E-state index is 12.2. The van der Waals surface area contributed by atoms with Crippen LogP contribution in [0.5, 0.6) is 5.75 Å². The molecule has 1 amide bonds. The number of nitrogens with two attached hydrogens (primary N) is 1. The molecule has 2 rings (SSSR count). The van der Waals surface area contributed by atoms with Gasteiger partial charge in [0.25, 0.3) is 5.91 Å². The van der Waals surface area contributed by atoms with Crippen LogP contribution in [0.1, 0.15) is 23.2 Å². The number of ether oxygens (including phenoxy) is 1. The molecule has 4 nitrogen and oxygen atoms in total. The molecule has 1 aromatic rings. The maximum atomic E-state index is 12.2. The highest BCUT2D eigenvalue weighted by Crippen LogP contribution is 2.21. The zero-order valence-electron chi connectivity index (χ0n) is 10.8. The van der Waals surface area contributed by atoms with Crippen molar-refractivity contribution < 1.29 is 18.3 Å². The minimum atomic E-state index is -2.86. The summed E-state index contributed by atoms with van der Waals surface area (Å²) < 4.78 is 28.3. The zero-order valence-corrected chi connectivity index (χ0v) is 11.6. The second-order valence-corrected chi connectivity index (χ2v) is 4.43. The van der Waals surface area contributed by atoms with E-state index in [9.17, 15) is 13.6 Å². The summed E-state index contributed by atoms with van der Waals surface area (Å²) in [6, 6.07) is 5.79. The number of rotatable bonds is 4. The molecule has 0 aromatic heterocycles. The molecule has 0 radical (unpaired) electrons. The van der Waals surface area contributed by atoms with Gasteiger partial charge in [-0.05, 0) is 37.1 Å². The average Bonchev–Trinajstić information content (AvgIpc) is 2.86. The lowest BCUT2D eigenvalue weighted by Gasteiger charge is -2.23. The van der Waals surface area contributed by atoms with Crippen LogP contribution < -0.4 is 10.5 Å². The molecule has 112 valence electrons. The molecule has 1 aliphatic rings. The van der Waals surface area contributed by atoms with Crippen molar-refractivity contribution in [2.75, 3.05) is 13.1 Å². The van der Waals surface area contributed by atoms with Crippen LogP contribution in [-0.4, -0.2) is 36.5 Å². The van der Waals surface area contributed by atoms with Gasteiger partial charge in [-0.15, -0.1) is 12.4 Å². The number of carbonyl (C=O) groups is 1. The van der Waals surface area contributed by atoms with Crippen LogP contribution in [-0.2, 0) is 0 Å². The van der Waals surface area contributed by atoms with Gasteiger partial charge < -0.3 is 15.4 Å². The quantitative estimate of drug-likeness (QED) is 0.928. The summed E-state index contributed by atoms with van der Waals surface area (Å²) in [6.45, 7) is -1.73. The summed E-state index contributed by atoms with van der Waals surface area (Å²) in [6.07, 6.45) is 1.86. The zero-order chi connectivity index (χ0) is 13.8. The predicted octanol–water partition coefficient (Wildman–Crippen LogP) is 2.27. The Morgan fingerprint density at radius 3 is 2.60 bits per heavy atom. The van der Waals surface area contributed by atoms with E-state index in [2.05, 4.69) is 4.74 Å². The van der Waals surface area contributed by atoms with Crippen LogP contribution in [0, 0.1) is 0 Å². The number of hydrogen-bond donors (Lipinski definition) is 1. The molecule has 1 atom stereocenters. The number of likely N-dealkylation sites (tertiary alicyclic amines) is 1. The third kappa shape index (κ3) is 3.80. The van der Waals surface area contributed by atoms with Crippen molar-refractivity contribution in [1.29, 1.82) is 0 Å². The molecular formula is C13H17ClF2N2O2. The molecule has 1 aliphatic heterocycles. The van der Waals surface area contributed by atoms with Crippen molar-refractivity contribution in [2.45, 2.75) is 25.5 Å². The SMILES string of the molecule is Cl.NCC1CCCN1C(=O)c1ccc(OC(F)F)cc1. The Morgan fingerprint density at radius 1 is 1.40 bits per heavy atom. The smallest absolute Gasteiger partial charge is 0.387 e. The summed E-state index contributed by atoms with van der Waals surface area (Å²) in [5.41, 5.74) is 6.08. The van der Waals surface area contributed by atoms with Gasteiger partial charge in [0.2, 0.25) is 0 Å². The van der Waals surface area contributed by atoms with Crippen molar-refractivity contribution in [1.82, 2.24) is 4.90 Å². The van der Waals surface area contributed by atoms with Crippen LogP contribution in [0.15, 0.2) is 24.3 Å². The van der Waals surface area contributed by atoms with Crippen molar-refractivity contribution in [3.8, 4) is 5.75 Å². The molecule has 2 N–H and O–H groups in total. The van der Waals surface area contributed by atoms with Crippen LogP contribution >= 0.6 is 12.4 Å². The molecule has 1 heterocycles. The Balaban J connectivity index is 0.00000200. The standard InChI is InChI=1S/C13H16F2N2O2.ClH/c14-13(15)19-11-5-3-9(4-6-11)12(18)17-7-1-2-10(17)8-16;/h3-6,10,13H,1-2,7-8,16H2;1H. The van der Waals surface area contributed by atoms with Crippen LogP contribution in [0.25, 0.3) is 0 Å². The molecular weight excluding hydrogens is 290 g/mol. The first-order valence-electron chi connectivity index (χ1n) is 6.17. The summed E-state index contributed by atoms with van der Waals surface area (Å²) in [5, 5.41) is 0. The lowest BCUT2D eigenvalue weighted by molar-refractivity contribution is -0.0498. The Hall–Kier alpha value is -1.40. The van der Waals surface area contributed by atoms with Gasteiger partial charge in [-0.1, -0.05) is 0 Å². The van der Waals surface area contributed by atoms with E-state index in [0.717, 1.165) is 12.8 Å². The van der Waals surface area contributed by atoms with Crippen molar-refractivity contribution in [2.24, 2.45) is 5.73 Å². The summed E-state index contributed by atoms with van der Waals surface area (Å²) in [5.74, 6) is -0.0695. The van der Waals surface area contributed by atoms with Crippen molar-refractivity contribution in [3.63, 3.8) is 0 Å². The predicted molar refractivity (Wildman–Crippen MR) is 73.4 cm³/mol. The first-order chi connectivity index (χ1) is 9.11. The third-order valence-corrected chi connectivity index (χ3v) is 3.24. The van der Waals surface area contributed by atoms with E-state index in [0.29, 0.717) is 18.7 Å². The van der Waals surface area contributed by atoms with E-state index in [1.165, 1.54) is 24.3 Å². The Kier molecular flexibility index (Phi) is 6.16. The van der Waals surface area contributed by atoms with Gasteiger partial charge in [0, 0.05) is 24.7 Å². The van der Waals surface area contributed by atoms with E-state index >= 15 is 0 Å². The average molecular weight is 307 g/mol. The second-order valence-electron chi connectivity index (χ2n) is 4.43.